The molecule has 0 saturated carbocycles. The molecule has 0 aliphatic heterocycles. The average molecular weight is 358 g/mol. The molecule has 1 heterocycles. The third-order valence-electron chi connectivity index (χ3n) is 3.94. The van der Waals surface area contributed by atoms with Gasteiger partial charge in [0.25, 0.3) is 5.91 Å². The topological polar surface area (TPSA) is 97.5 Å². The van der Waals surface area contributed by atoms with Crippen molar-refractivity contribution in [2.45, 2.75) is 20.3 Å². The molecule has 26 heavy (non-hydrogen) atoms. The number of ether oxygens (including phenoxy) is 2. The summed E-state index contributed by atoms with van der Waals surface area (Å²) < 4.78 is 9.72. The number of esters is 2. The fourth-order valence-corrected chi connectivity index (χ4v) is 2.61. The Morgan fingerprint density at radius 2 is 1.77 bits per heavy atom. The van der Waals surface area contributed by atoms with Crippen molar-refractivity contribution >= 4 is 17.8 Å². The van der Waals surface area contributed by atoms with E-state index in [9.17, 15) is 14.4 Å². The van der Waals surface area contributed by atoms with Crippen molar-refractivity contribution in [3.8, 4) is 0 Å². The molecule has 1 aromatic carbocycles. The zero-order chi connectivity index (χ0) is 19.1. The second-order valence-corrected chi connectivity index (χ2v) is 5.78. The fourth-order valence-electron chi connectivity index (χ4n) is 2.61. The molecule has 0 unspecified atom stereocenters. The monoisotopic (exact) mass is 358 g/mol. The van der Waals surface area contributed by atoms with Gasteiger partial charge in [0.05, 0.1) is 12.7 Å². The van der Waals surface area contributed by atoms with Gasteiger partial charge in [-0.1, -0.05) is 30.3 Å². The number of hydrogen-bond acceptors (Lipinski definition) is 5. The van der Waals surface area contributed by atoms with E-state index in [-0.39, 0.29) is 11.6 Å². The third-order valence-corrected chi connectivity index (χ3v) is 3.94. The predicted octanol–water partition coefficient (Wildman–Crippen LogP) is 1.93. The summed E-state index contributed by atoms with van der Waals surface area (Å²) in [4.78, 5) is 38.5. The van der Waals surface area contributed by atoms with Gasteiger partial charge in [0.2, 0.25) is 0 Å². The molecule has 2 aromatic rings. The first-order chi connectivity index (χ1) is 12.4. The first-order valence-corrected chi connectivity index (χ1v) is 8.19. The van der Waals surface area contributed by atoms with Gasteiger partial charge in [0.1, 0.15) is 5.69 Å². The lowest BCUT2D eigenvalue weighted by Crippen LogP contribution is -2.30. The highest BCUT2D eigenvalue weighted by molar-refractivity contribution is 5.99. The Kier molecular flexibility index (Phi) is 6.54. The first-order valence-electron chi connectivity index (χ1n) is 8.19. The van der Waals surface area contributed by atoms with Crippen molar-refractivity contribution in [2.24, 2.45) is 0 Å². The largest absolute Gasteiger partial charge is 0.465 e. The summed E-state index contributed by atoms with van der Waals surface area (Å²) in [6, 6.07) is 9.74. The Hall–Kier alpha value is -3.09. The van der Waals surface area contributed by atoms with Crippen LogP contribution < -0.4 is 5.32 Å². The molecule has 0 fully saturated rings. The molecule has 1 aromatic heterocycles. The number of carbonyl (C=O) groups excluding carboxylic acids is 3. The lowest BCUT2D eigenvalue weighted by molar-refractivity contribution is -0.124. The van der Waals surface area contributed by atoms with Gasteiger partial charge in [-0.05, 0) is 31.4 Å². The van der Waals surface area contributed by atoms with Crippen molar-refractivity contribution in [3.05, 3.63) is 58.4 Å². The van der Waals surface area contributed by atoms with E-state index in [1.807, 2.05) is 30.3 Å². The molecule has 0 aliphatic rings. The van der Waals surface area contributed by atoms with Gasteiger partial charge < -0.3 is 19.8 Å². The van der Waals surface area contributed by atoms with Gasteiger partial charge in [-0.2, -0.15) is 0 Å². The standard InChI is InChI=1S/C19H22N2O5/c1-12-16(18(23)25-3)13(2)21-17(12)19(24)26-11-15(22)20-10-9-14-7-5-4-6-8-14/h4-8,21H,9-11H2,1-3H3,(H,20,22). The number of carbonyl (C=O) groups is 3. The number of H-pyrrole nitrogens is 1. The molecule has 0 radical (unpaired) electrons. The summed E-state index contributed by atoms with van der Waals surface area (Å²) >= 11 is 0. The molecule has 0 atom stereocenters. The normalized spacial score (nSPS) is 10.3. The highest BCUT2D eigenvalue weighted by Crippen LogP contribution is 2.19. The van der Waals surface area contributed by atoms with Crippen molar-refractivity contribution in [1.82, 2.24) is 10.3 Å². The van der Waals surface area contributed by atoms with Crippen molar-refractivity contribution < 1.29 is 23.9 Å². The Morgan fingerprint density at radius 1 is 1.08 bits per heavy atom. The molecule has 2 N–H and O–H groups in total. The van der Waals surface area contributed by atoms with Gasteiger partial charge in [0.15, 0.2) is 6.61 Å². The van der Waals surface area contributed by atoms with Gasteiger partial charge in [-0.3, -0.25) is 4.79 Å². The maximum Gasteiger partial charge on any atom is 0.355 e. The summed E-state index contributed by atoms with van der Waals surface area (Å²) in [5, 5.41) is 2.70. The number of aromatic amines is 1. The predicted molar refractivity (Wildman–Crippen MR) is 95.0 cm³/mol. The molecule has 2 rings (SSSR count). The zero-order valence-corrected chi connectivity index (χ0v) is 15.0. The molecular weight excluding hydrogens is 336 g/mol. The summed E-state index contributed by atoms with van der Waals surface area (Å²) in [5.41, 5.74) is 2.49. The number of amides is 1. The molecule has 1 amide bonds. The number of rotatable bonds is 7. The van der Waals surface area contributed by atoms with Crippen LogP contribution in [0.1, 0.15) is 37.7 Å². The van der Waals surface area contributed by atoms with E-state index in [0.29, 0.717) is 29.8 Å². The van der Waals surface area contributed by atoms with Crippen molar-refractivity contribution in [1.29, 1.82) is 0 Å². The molecule has 7 heteroatoms. The zero-order valence-electron chi connectivity index (χ0n) is 15.0. The Labute approximate surface area is 151 Å². The maximum absolute atomic E-state index is 12.2. The van der Waals surface area contributed by atoms with Gasteiger partial charge >= 0.3 is 11.9 Å². The smallest absolute Gasteiger partial charge is 0.355 e. The van der Waals surface area contributed by atoms with E-state index in [1.165, 1.54) is 7.11 Å². The SMILES string of the molecule is COC(=O)c1c(C)[nH]c(C(=O)OCC(=O)NCCc2ccccc2)c1C. The van der Waals surface area contributed by atoms with Crippen LogP contribution in [-0.2, 0) is 20.7 Å². The van der Waals surface area contributed by atoms with Gasteiger partial charge in [-0.25, -0.2) is 9.59 Å². The molecular formula is C19H22N2O5. The Morgan fingerprint density at radius 3 is 2.42 bits per heavy atom. The fraction of sp³-hybridized carbons (Fsp3) is 0.316. The Balaban J connectivity index is 1.84. The summed E-state index contributed by atoms with van der Waals surface area (Å²) in [6.07, 6.45) is 0.692. The van der Waals surface area contributed by atoms with Crippen LogP contribution in [-0.4, -0.2) is 43.1 Å². The van der Waals surface area contributed by atoms with E-state index in [4.69, 9.17) is 9.47 Å². The van der Waals surface area contributed by atoms with E-state index in [1.54, 1.807) is 13.8 Å². The summed E-state index contributed by atoms with van der Waals surface area (Å²) in [7, 11) is 1.27. The number of methoxy groups -OCH3 is 1. The quantitative estimate of drug-likeness (QED) is 0.737. The van der Waals surface area contributed by atoms with Crippen LogP contribution in [0.15, 0.2) is 30.3 Å². The molecule has 7 nitrogen and oxygen atoms in total. The third kappa shape index (κ3) is 4.72. The number of nitrogens with one attached hydrogen (secondary N) is 2. The maximum atomic E-state index is 12.2. The number of aromatic nitrogens is 1. The molecule has 0 bridgehead atoms. The van der Waals surface area contributed by atoms with E-state index >= 15 is 0 Å². The molecule has 0 spiro atoms. The lowest BCUT2D eigenvalue weighted by Gasteiger charge is -2.07. The van der Waals surface area contributed by atoms with Crippen LogP contribution in [0, 0.1) is 13.8 Å². The molecule has 0 aliphatic carbocycles. The first kappa shape index (κ1) is 19.2. The van der Waals surface area contributed by atoms with Crippen LogP contribution in [0.25, 0.3) is 0 Å². The van der Waals surface area contributed by atoms with Gasteiger partial charge in [-0.15, -0.1) is 0 Å². The minimum Gasteiger partial charge on any atom is -0.465 e. The van der Waals surface area contributed by atoms with Crippen LogP contribution in [0.2, 0.25) is 0 Å². The highest BCUT2D eigenvalue weighted by Gasteiger charge is 2.23. The summed E-state index contributed by atoms with van der Waals surface area (Å²) in [5.74, 6) is -1.61. The minimum atomic E-state index is -0.695. The van der Waals surface area contributed by atoms with Crippen LogP contribution in [0.3, 0.4) is 0 Å². The number of benzene rings is 1. The van der Waals surface area contributed by atoms with Gasteiger partial charge in [0, 0.05) is 12.2 Å². The van der Waals surface area contributed by atoms with E-state index < -0.39 is 18.5 Å². The van der Waals surface area contributed by atoms with Crippen LogP contribution >= 0.6 is 0 Å². The number of hydrogen-bond donors (Lipinski definition) is 2. The highest BCUT2D eigenvalue weighted by atomic mass is 16.5. The second kappa shape index (κ2) is 8.84. The van der Waals surface area contributed by atoms with E-state index in [0.717, 1.165) is 5.56 Å². The van der Waals surface area contributed by atoms with Crippen LogP contribution in [0.5, 0.6) is 0 Å². The average Bonchev–Trinajstić information content (AvgIpc) is 2.94. The molecule has 138 valence electrons. The minimum absolute atomic E-state index is 0.139. The van der Waals surface area contributed by atoms with Crippen molar-refractivity contribution in [3.63, 3.8) is 0 Å². The van der Waals surface area contributed by atoms with Crippen LogP contribution in [0.4, 0.5) is 0 Å². The summed E-state index contributed by atoms with van der Waals surface area (Å²) in [6.45, 7) is 3.34. The number of aryl methyl sites for hydroxylation is 1. The Bertz CT molecular complexity index is 796. The van der Waals surface area contributed by atoms with E-state index in [2.05, 4.69) is 10.3 Å². The van der Waals surface area contributed by atoms with Crippen molar-refractivity contribution in [2.75, 3.05) is 20.3 Å². The lowest BCUT2D eigenvalue weighted by atomic mass is 10.1. The second-order valence-electron chi connectivity index (χ2n) is 5.78. The molecule has 0 saturated heterocycles.